The van der Waals surface area contributed by atoms with Crippen molar-refractivity contribution in [3.05, 3.63) is 0 Å². The maximum atomic E-state index is 9.08. The topological polar surface area (TPSA) is 30.3 Å². The minimum atomic E-state index is -0.301. The molecule has 0 aromatic carbocycles. The summed E-state index contributed by atoms with van der Waals surface area (Å²) in [5, 5.41) is 9.08. The van der Waals surface area contributed by atoms with Crippen molar-refractivity contribution in [2.24, 2.45) is 5.92 Å². The van der Waals surface area contributed by atoms with E-state index >= 15 is 0 Å². The summed E-state index contributed by atoms with van der Waals surface area (Å²) in [4.78, 5) is 4.81. The van der Waals surface area contributed by atoms with Crippen molar-refractivity contribution in [2.75, 3.05) is 32.7 Å². The van der Waals surface area contributed by atoms with Crippen LogP contribution in [-0.2, 0) is 0 Å². The van der Waals surface area contributed by atoms with Crippen LogP contribution in [0, 0.1) is 17.2 Å². The van der Waals surface area contributed by atoms with Gasteiger partial charge in [-0.1, -0.05) is 13.8 Å². The van der Waals surface area contributed by atoms with E-state index in [9.17, 15) is 0 Å². The van der Waals surface area contributed by atoms with Crippen molar-refractivity contribution in [2.45, 2.75) is 39.7 Å². The van der Waals surface area contributed by atoms with E-state index in [1.165, 1.54) is 13.0 Å². The molecule has 0 unspecified atom stereocenters. The van der Waals surface area contributed by atoms with Crippen molar-refractivity contribution in [3.8, 4) is 6.07 Å². The smallest absolute Gasteiger partial charge is 0.103 e. The zero-order valence-corrected chi connectivity index (χ0v) is 11.2. The van der Waals surface area contributed by atoms with Crippen LogP contribution in [0.4, 0.5) is 0 Å². The molecule has 0 N–H and O–H groups in total. The van der Waals surface area contributed by atoms with E-state index < -0.39 is 0 Å². The van der Waals surface area contributed by atoms with Gasteiger partial charge in [-0.05, 0) is 32.7 Å². The van der Waals surface area contributed by atoms with Crippen molar-refractivity contribution in [3.63, 3.8) is 0 Å². The van der Waals surface area contributed by atoms with Gasteiger partial charge >= 0.3 is 0 Å². The molecule has 0 atom stereocenters. The predicted molar refractivity (Wildman–Crippen MR) is 67.2 cm³/mol. The molecule has 0 aromatic rings. The van der Waals surface area contributed by atoms with Crippen molar-refractivity contribution < 1.29 is 0 Å². The Balaban J connectivity index is 2.32. The van der Waals surface area contributed by atoms with Gasteiger partial charge in [0.05, 0.1) is 6.07 Å². The van der Waals surface area contributed by atoms with E-state index in [0.717, 1.165) is 32.1 Å². The summed E-state index contributed by atoms with van der Waals surface area (Å²) in [5.41, 5.74) is -0.301. The van der Waals surface area contributed by atoms with Gasteiger partial charge in [0.1, 0.15) is 5.54 Å². The zero-order valence-electron chi connectivity index (χ0n) is 11.2. The van der Waals surface area contributed by atoms with Crippen LogP contribution in [0.3, 0.4) is 0 Å². The van der Waals surface area contributed by atoms with Gasteiger partial charge < -0.3 is 4.90 Å². The van der Waals surface area contributed by atoms with Gasteiger partial charge in [-0.15, -0.1) is 0 Å². The van der Waals surface area contributed by atoms with Gasteiger partial charge in [-0.3, -0.25) is 4.90 Å². The van der Waals surface area contributed by atoms with Crippen molar-refractivity contribution >= 4 is 0 Å². The lowest BCUT2D eigenvalue weighted by Gasteiger charge is -2.40. The third kappa shape index (κ3) is 3.77. The Labute approximate surface area is 100 Å². The average Bonchev–Trinajstić information content (AvgIpc) is 2.27. The van der Waals surface area contributed by atoms with Gasteiger partial charge in [-0.25, -0.2) is 0 Å². The first-order valence-corrected chi connectivity index (χ1v) is 6.34. The summed E-state index contributed by atoms with van der Waals surface area (Å²) < 4.78 is 0. The van der Waals surface area contributed by atoms with Gasteiger partial charge in [0, 0.05) is 26.2 Å². The molecule has 0 bridgehead atoms. The molecule has 1 fully saturated rings. The van der Waals surface area contributed by atoms with Crippen LogP contribution in [0.25, 0.3) is 0 Å². The van der Waals surface area contributed by atoms with E-state index in [2.05, 4.69) is 29.7 Å². The second-order valence-electron chi connectivity index (χ2n) is 5.68. The fourth-order valence-electron chi connectivity index (χ4n) is 2.04. The Hall–Kier alpha value is -0.590. The predicted octanol–water partition coefficient (Wildman–Crippen LogP) is 1.95. The highest BCUT2D eigenvalue weighted by Crippen LogP contribution is 2.16. The van der Waals surface area contributed by atoms with Crippen LogP contribution in [0.2, 0.25) is 0 Å². The van der Waals surface area contributed by atoms with Crippen LogP contribution in [0.1, 0.15) is 34.1 Å². The molecule has 0 radical (unpaired) electrons. The highest BCUT2D eigenvalue weighted by Gasteiger charge is 2.29. The molecule has 0 spiro atoms. The Morgan fingerprint density at radius 1 is 1.19 bits per heavy atom. The number of piperazine rings is 1. The normalized spacial score (nSPS) is 20.0. The molecule has 1 heterocycles. The Morgan fingerprint density at radius 3 is 2.19 bits per heavy atom. The molecule has 0 aromatic heterocycles. The number of nitriles is 1. The van der Waals surface area contributed by atoms with E-state index in [1.807, 2.05) is 13.8 Å². The van der Waals surface area contributed by atoms with E-state index in [0.29, 0.717) is 0 Å². The molecule has 92 valence electrons. The number of nitrogens with zero attached hydrogens (tertiary/aromatic N) is 3. The lowest BCUT2D eigenvalue weighted by Crippen LogP contribution is -2.54. The lowest BCUT2D eigenvalue weighted by molar-refractivity contribution is 0.0778. The van der Waals surface area contributed by atoms with Gasteiger partial charge in [0.15, 0.2) is 0 Å². The zero-order chi connectivity index (χ0) is 12.2. The van der Waals surface area contributed by atoms with Crippen molar-refractivity contribution in [1.82, 2.24) is 9.80 Å². The van der Waals surface area contributed by atoms with Gasteiger partial charge in [0.2, 0.25) is 0 Å². The summed E-state index contributed by atoms with van der Waals surface area (Å²) >= 11 is 0. The van der Waals surface area contributed by atoms with Crippen molar-refractivity contribution in [1.29, 1.82) is 5.26 Å². The molecule has 0 aliphatic carbocycles. The largest absolute Gasteiger partial charge is 0.301 e. The maximum absolute atomic E-state index is 9.08. The highest BCUT2D eigenvalue weighted by atomic mass is 15.3. The molecule has 1 saturated heterocycles. The fraction of sp³-hybridized carbons (Fsp3) is 0.923. The molecular formula is C13H25N3. The number of hydrogen-bond acceptors (Lipinski definition) is 3. The first kappa shape index (κ1) is 13.5. The molecule has 3 heteroatoms. The minimum absolute atomic E-state index is 0.301. The molecule has 1 aliphatic rings. The molecule has 3 nitrogen and oxygen atoms in total. The third-order valence-corrected chi connectivity index (χ3v) is 3.46. The maximum Gasteiger partial charge on any atom is 0.103 e. The fourth-order valence-corrected chi connectivity index (χ4v) is 2.04. The summed E-state index contributed by atoms with van der Waals surface area (Å²) in [6.07, 6.45) is 1.28. The summed E-state index contributed by atoms with van der Waals surface area (Å²) in [6, 6.07) is 2.38. The number of rotatable bonds is 4. The number of hydrogen-bond donors (Lipinski definition) is 0. The van der Waals surface area contributed by atoms with Crippen LogP contribution >= 0.6 is 0 Å². The second kappa shape index (κ2) is 5.65. The first-order chi connectivity index (χ1) is 7.45. The SMILES string of the molecule is CC(C)CCN1CCN(C(C)(C)C#N)CC1. The second-order valence-corrected chi connectivity index (χ2v) is 5.68. The lowest BCUT2D eigenvalue weighted by atomic mass is 10.0. The Kier molecular flexibility index (Phi) is 4.76. The van der Waals surface area contributed by atoms with Gasteiger partial charge in [0.25, 0.3) is 0 Å². The summed E-state index contributed by atoms with van der Waals surface area (Å²) in [5.74, 6) is 0.786. The molecule has 16 heavy (non-hydrogen) atoms. The first-order valence-electron chi connectivity index (χ1n) is 6.34. The molecule has 0 saturated carbocycles. The van der Waals surface area contributed by atoms with E-state index in [-0.39, 0.29) is 5.54 Å². The molecule has 1 aliphatic heterocycles. The summed E-state index contributed by atoms with van der Waals surface area (Å²) in [7, 11) is 0. The summed E-state index contributed by atoms with van der Waals surface area (Å²) in [6.45, 7) is 14.0. The van der Waals surface area contributed by atoms with E-state index in [1.54, 1.807) is 0 Å². The van der Waals surface area contributed by atoms with Gasteiger partial charge in [-0.2, -0.15) is 5.26 Å². The highest BCUT2D eigenvalue weighted by molar-refractivity contribution is 5.02. The quantitative estimate of drug-likeness (QED) is 0.730. The van der Waals surface area contributed by atoms with Crippen LogP contribution in [0.15, 0.2) is 0 Å². The Bertz CT molecular complexity index is 244. The van der Waals surface area contributed by atoms with Crippen LogP contribution in [-0.4, -0.2) is 48.1 Å². The molecule has 1 rings (SSSR count). The Morgan fingerprint density at radius 2 is 1.75 bits per heavy atom. The third-order valence-electron chi connectivity index (χ3n) is 3.46. The minimum Gasteiger partial charge on any atom is -0.301 e. The molecular weight excluding hydrogens is 198 g/mol. The standard InChI is InChI=1S/C13H25N3/c1-12(2)5-6-15-7-9-16(10-8-15)13(3,4)11-14/h12H,5-10H2,1-4H3. The average molecular weight is 223 g/mol. The van der Waals surface area contributed by atoms with E-state index in [4.69, 9.17) is 5.26 Å². The monoisotopic (exact) mass is 223 g/mol. The van der Waals surface area contributed by atoms with Crippen LogP contribution in [0.5, 0.6) is 0 Å². The molecule has 0 amide bonds. The van der Waals surface area contributed by atoms with Crippen LogP contribution < -0.4 is 0 Å².